The van der Waals surface area contributed by atoms with E-state index < -0.39 is 17.2 Å². The summed E-state index contributed by atoms with van der Waals surface area (Å²) in [4.78, 5) is 38.0. The Labute approximate surface area is 189 Å². The minimum atomic E-state index is -1.85. The smallest absolute Gasteiger partial charge is 0.343 e. The average Bonchev–Trinajstić information content (AvgIpc) is 2.98. The van der Waals surface area contributed by atoms with Crippen LogP contribution in [0.1, 0.15) is 72.6 Å². The summed E-state index contributed by atoms with van der Waals surface area (Å²) in [6.07, 6.45) is 13.3. The van der Waals surface area contributed by atoms with Gasteiger partial charge in [-0.25, -0.2) is 4.79 Å². The molecule has 0 saturated carbocycles. The lowest BCUT2D eigenvalue weighted by molar-refractivity contribution is -0.167. The van der Waals surface area contributed by atoms with E-state index >= 15 is 0 Å². The molecule has 0 radical (unpaired) electrons. The summed E-state index contributed by atoms with van der Waals surface area (Å²) < 4.78 is 11.3. The lowest BCUT2D eigenvalue weighted by Gasteiger charge is -2.46. The van der Waals surface area contributed by atoms with E-state index in [4.69, 9.17) is 9.47 Å². The number of Topliss-reactive ketones (excluding diaryl/α,β-unsaturated/α-hetero) is 2. The monoisotopic (exact) mass is 440 g/mol. The van der Waals surface area contributed by atoms with Crippen LogP contribution in [0.3, 0.4) is 0 Å². The van der Waals surface area contributed by atoms with Crippen molar-refractivity contribution in [1.29, 1.82) is 0 Å². The topological polar surface area (TPSA) is 89.9 Å². The number of ketones is 2. The van der Waals surface area contributed by atoms with Crippen molar-refractivity contribution in [1.82, 2.24) is 0 Å². The van der Waals surface area contributed by atoms with E-state index in [0.717, 1.165) is 25.7 Å². The maximum atomic E-state index is 13.0. The van der Waals surface area contributed by atoms with Gasteiger partial charge in [0, 0.05) is 24.0 Å². The molecule has 2 heterocycles. The minimum absolute atomic E-state index is 0.0241. The Morgan fingerprint density at radius 3 is 2.53 bits per heavy atom. The largest absolute Gasteiger partial charge is 0.465 e. The molecule has 0 bridgehead atoms. The highest BCUT2D eigenvalue weighted by Gasteiger charge is 2.63. The van der Waals surface area contributed by atoms with Gasteiger partial charge in [0.2, 0.25) is 0 Å². The molecule has 0 saturated heterocycles. The fraction of sp³-hybridized carbons (Fsp3) is 0.500. The Kier molecular flexibility index (Phi) is 7.03. The fourth-order valence-electron chi connectivity index (χ4n) is 4.64. The van der Waals surface area contributed by atoms with Crippen LogP contribution in [-0.4, -0.2) is 33.8 Å². The highest BCUT2D eigenvalue weighted by atomic mass is 16.6. The third-order valence-corrected chi connectivity index (χ3v) is 6.36. The zero-order valence-corrected chi connectivity index (χ0v) is 19.3. The van der Waals surface area contributed by atoms with Crippen molar-refractivity contribution in [3.8, 4) is 0 Å². The molecule has 0 fully saturated rings. The number of allylic oxidation sites excluding steroid dienone is 3. The molecular formula is C26H32O6. The predicted octanol–water partition coefficient (Wildman–Crippen LogP) is 4.55. The standard InChI is InChI=1S/C26H32O6/c1-5-7-8-9-10-12-22(28)23-20-14-18-13-19(11-6-2)31-16-21(18)26(30,15-17(3)27)25(20,4)32-24(23)29/h6,11,13-14,16,30H,5,7-10,12,15H2,1-4H3/b11-6+/t25-,26-/m1/s1. The first-order valence-corrected chi connectivity index (χ1v) is 11.3. The van der Waals surface area contributed by atoms with Crippen LogP contribution in [0.4, 0.5) is 0 Å². The van der Waals surface area contributed by atoms with Crippen LogP contribution in [-0.2, 0) is 23.9 Å². The number of carbonyl (C=O) groups is 3. The Morgan fingerprint density at radius 2 is 1.88 bits per heavy atom. The van der Waals surface area contributed by atoms with Crippen molar-refractivity contribution < 1.29 is 29.0 Å². The number of esters is 1. The van der Waals surface area contributed by atoms with E-state index in [1.54, 1.807) is 25.2 Å². The summed E-state index contributed by atoms with van der Waals surface area (Å²) in [6, 6.07) is 0. The van der Waals surface area contributed by atoms with Gasteiger partial charge in [0.05, 0.1) is 6.26 Å². The van der Waals surface area contributed by atoms with Gasteiger partial charge in [-0.2, -0.15) is 0 Å². The Morgan fingerprint density at radius 1 is 1.16 bits per heavy atom. The van der Waals surface area contributed by atoms with Gasteiger partial charge in [-0.1, -0.05) is 38.7 Å². The van der Waals surface area contributed by atoms with Crippen LogP contribution in [0.2, 0.25) is 0 Å². The summed E-state index contributed by atoms with van der Waals surface area (Å²) in [7, 11) is 0. The lowest BCUT2D eigenvalue weighted by Crippen LogP contribution is -2.58. The number of unbranched alkanes of at least 4 members (excludes halogenated alkanes) is 4. The Bertz CT molecular complexity index is 976. The van der Waals surface area contributed by atoms with Crippen molar-refractivity contribution in [3.63, 3.8) is 0 Å². The number of aliphatic hydroxyl groups is 1. The van der Waals surface area contributed by atoms with Gasteiger partial charge in [0.15, 0.2) is 11.4 Å². The van der Waals surface area contributed by atoms with Gasteiger partial charge in [-0.05, 0) is 51.0 Å². The van der Waals surface area contributed by atoms with Crippen LogP contribution in [0.15, 0.2) is 58.6 Å². The van der Waals surface area contributed by atoms with E-state index in [2.05, 4.69) is 6.92 Å². The second kappa shape index (κ2) is 9.41. The summed E-state index contributed by atoms with van der Waals surface area (Å²) in [5.41, 5.74) is -2.16. The zero-order valence-electron chi connectivity index (χ0n) is 19.3. The third-order valence-electron chi connectivity index (χ3n) is 6.36. The molecular weight excluding hydrogens is 408 g/mol. The van der Waals surface area contributed by atoms with Crippen LogP contribution in [0.5, 0.6) is 0 Å². The predicted molar refractivity (Wildman–Crippen MR) is 120 cm³/mol. The summed E-state index contributed by atoms with van der Waals surface area (Å²) >= 11 is 0. The van der Waals surface area contributed by atoms with Gasteiger partial charge >= 0.3 is 5.97 Å². The van der Waals surface area contributed by atoms with E-state index in [1.807, 2.05) is 13.0 Å². The maximum Gasteiger partial charge on any atom is 0.343 e. The molecule has 0 aromatic rings. The van der Waals surface area contributed by atoms with Gasteiger partial charge in [0.25, 0.3) is 0 Å². The molecule has 3 rings (SSSR count). The molecule has 2 atom stereocenters. The number of ether oxygens (including phenoxy) is 2. The molecule has 32 heavy (non-hydrogen) atoms. The fourth-order valence-corrected chi connectivity index (χ4v) is 4.64. The normalized spacial score (nSPS) is 26.7. The van der Waals surface area contributed by atoms with Crippen molar-refractivity contribution in [2.45, 2.75) is 83.8 Å². The lowest BCUT2D eigenvalue weighted by atomic mass is 9.64. The Hall–Kier alpha value is -2.73. The van der Waals surface area contributed by atoms with E-state index in [1.165, 1.54) is 13.2 Å². The van der Waals surface area contributed by atoms with Crippen LogP contribution >= 0.6 is 0 Å². The molecule has 6 nitrogen and oxygen atoms in total. The van der Waals surface area contributed by atoms with Crippen molar-refractivity contribution in [3.05, 3.63) is 58.6 Å². The van der Waals surface area contributed by atoms with E-state index in [9.17, 15) is 19.5 Å². The first-order chi connectivity index (χ1) is 15.2. The maximum absolute atomic E-state index is 13.0. The van der Waals surface area contributed by atoms with Crippen LogP contribution in [0, 0.1) is 0 Å². The third kappa shape index (κ3) is 4.16. The molecule has 0 aromatic carbocycles. The van der Waals surface area contributed by atoms with Gasteiger partial charge in [-0.15, -0.1) is 0 Å². The molecule has 172 valence electrons. The highest BCUT2D eigenvalue weighted by molar-refractivity contribution is 6.20. The first kappa shape index (κ1) is 23.9. The number of carbonyl (C=O) groups excluding carboxylic acids is 3. The number of fused-ring (bicyclic) bond motifs is 2. The first-order valence-electron chi connectivity index (χ1n) is 11.3. The van der Waals surface area contributed by atoms with Gasteiger partial charge in [-0.3, -0.25) is 9.59 Å². The summed E-state index contributed by atoms with van der Waals surface area (Å²) in [6.45, 7) is 6.91. The molecule has 2 aliphatic heterocycles. The average molecular weight is 441 g/mol. The second-order valence-corrected chi connectivity index (χ2v) is 8.83. The summed E-state index contributed by atoms with van der Waals surface area (Å²) in [5, 5.41) is 11.8. The van der Waals surface area contributed by atoms with Gasteiger partial charge in [0.1, 0.15) is 22.7 Å². The van der Waals surface area contributed by atoms with E-state index in [-0.39, 0.29) is 30.0 Å². The zero-order chi connectivity index (χ0) is 23.5. The van der Waals surface area contributed by atoms with E-state index in [0.29, 0.717) is 28.9 Å². The SMILES string of the molecule is C/C=C/C1=CC2=CC3=C(C(=O)CCCCCCC)C(=O)O[C@@]3(C)[C@@](O)(CC(C)=O)C2=CO1. The Balaban J connectivity index is 2.07. The molecule has 1 aliphatic carbocycles. The molecule has 0 aromatic heterocycles. The molecule has 0 unspecified atom stereocenters. The summed E-state index contributed by atoms with van der Waals surface area (Å²) in [5.74, 6) is -0.766. The molecule has 0 spiro atoms. The van der Waals surface area contributed by atoms with Crippen LogP contribution < -0.4 is 0 Å². The molecule has 3 aliphatic rings. The number of hydrogen-bond acceptors (Lipinski definition) is 6. The van der Waals surface area contributed by atoms with Crippen LogP contribution in [0.25, 0.3) is 0 Å². The quantitative estimate of drug-likeness (QED) is 0.304. The highest BCUT2D eigenvalue weighted by Crippen LogP contribution is 2.53. The minimum Gasteiger partial charge on any atom is -0.465 e. The van der Waals surface area contributed by atoms with Crippen molar-refractivity contribution in [2.75, 3.05) is 0 Å². The second-order valence-electron chi connectivity index (χ2n) is 8.83. The number of hydrogen-bond donors (Lipinski definition) is 1. The molecule has 0 amide bonds. The molecule has 1 N–H and O–H groups in total. The van der Waals surface area contributed by atoms with Crippen molar-refractivity contribution >= 4 is 17.5 Å². The van der Waals surface area contributed by atoms with Gasteiger partial charge < -0.3 is 14.6 Å². The molecule has 6 heteroatoms. The number of rotatable bonds is 10. The van der Waals surface area contributed by atoms with Crippen molar-refractivity contribution in [2.24, 2.45) is 0 Å².